The Morgan fingerprint density at radius 2 is 1.83 bits per heavy atom. The highest BCUT2D eigenvalue weighted by Crippen LogP contribution is 2.30. The van der Waals surface area contributed by atoms with Crippen molar-refractivity contribution in [3.63, 3.8) is 0 Å². The zero-order chi connectivity index (χ0) is 17.1. The summed E-state index contributed by atoms with van der Waals surface area (Å²) in [6, 6.07) is 8.16. The molecule has 24 heavy (non-hydrogen) atoms. The van der Waals surface area contributed by atoms with Gasteiger partial charge in [-0.05, 0) is 35.7 Å². The Hall–Kier alpha value is -2.08. The maximum Gasteiger partial charge on any atom is 0.317 e. The summed E-state index contributed by atoms with van der Waals surface area (Å²) in [4.78, 5) is 27.7. The first-order valence-corrected chi connectivity index (χ1v) is 9.21. The number of nitrogens with one attached hydrogen (secondary N) is 1. The lowest BCUT2D eigenvalue weighted by Crippen LogP contribution is -2.43. The Kier molecular flexibility index (Phi) is 5.04. The van der Waals surface area contributed by atoms with Crippen LogP contribution in [0, 0.1) is 0 Å². The summed E-state index contributed by atoms with van der Waals surface area (Å²) in [5.74, 6) is 0.0790. The fourth-order valence-corrected chi connectivity index (χ4v) is 4.18. The summed E-state index contributed by atoms with van der Waals surface area (Å²) in [7, 11) is 0. The van der Waals surface area contributed by atoms with Gasteiger partial charge in [0.25, 0.3) is 0 Å². The summed E-state index contributed by atoms with van der Waals surface area (Å²) < 4.78 is 1.24. The van der Waals surface area contributed by atoms with Crippen LogP contribution < -0.4 is 5.32 Å². The minimum absolute atomic E-state index is 0.0409. The van der Waals surface area contributed by atoms with Crippen molar-refractivity contribution in [3.8, 4) is 0 Å². The molecular weight excluding hydrogens is 322 g/mol. The van der Waals surface area contributed by atoms with E-state index in [1.807, 2.05) is 28.9 Å². The van der Waals surface area contributed by atoms with Crippen molar-refractivity contribution in [3.05, 3.63) is 35.2 Å². The Bertz CT molecular complexity index is 743. The first-order valence-electron chi connectivity index (χ1n) is 8.33. The van der Waals surface area contributed by atoms with Crippen LogP contribution in [0.5, 0.6) is 0 Å². The number of thiophene rings is 1. The maximum absolute atomic E-state index is 12.6. The third kappa shape index (κ3) is 3.53. The van der Waals surface area contributed by atoms with E-state index in [4.69, 9.17) is 0 Å². The zero-order valence-corrected chi connectivity index (χ0v) is 14.9. The van der Waals surface area contributed by atoms with E-state index < -0.39 is 0 Å². The summed E-state index contributed by atoms with van der Waals surface area (Å²) in [5.41, 5.74) is 1.16. The van der Waals surface area contributed by atoms with Crippen LogP contribution >= 0.6 is 11.3 Å². The Balaban J connectivity index is 1.65. The Morgan fingerprint density at radius 3 is 2.62 bits per heavy atom. The van der Waals surface area contributed by atoms with E-state index in [0.717, 1.165) is 18.5 Å². The predicted octanol–water partition coefficient (Wildman–Crippen LogP) is 3.23. The van der Waals surface area contributed by atoms with Crippen LogP contribution in [-0.2, 0) is 4.79 Å². The minimum atomic E-state index is -0.0526. The quantitative estimate of drug-likeness (QED) is 0.908. The molecule has 1 aliphatic rings. The summed E-state index contributed by atoms with van der Waals surface area (Å²) in [6.45, 7) is 6.21. The van der Waals surface area contributed by atoms with Crippen molar-refractivity contribution in [2.24, 2.45) is 0 Å². The topological polar surface area (TPSA) is 52.7 Å². The van der Waals surface area contributed by atoms with Crippen LogP contribution in [0.25, 0.3) is 10.1 Å². The highest BCUT2D eigenvalue weighted by atomic mass is 32.1. The average molecular weight is 345 g/mol. The number of hydrogen-bond donors (Lipinski definition) is 1. The van der Waals surface area contributed by atoms with Crippen molar-refractivity contribution >= 4 is 33.4 Å². The van der Waals surface area contributed by atoms with Gasteiger partial charge in [0, 0.05) is 37.8 Å². The van der Waals surface area contributed by atoms with Gasteiger partial charge < -0.3 is 15.1 Å². The number of carbonyl (C=O) groups excluding carboxylic acids is 2. The van der Waals surface area contributed by atoms with Crippen LogP contribution in [0.2, 0.25) is 0 Å². The number of fused-ring (bicyclic) bond motifs is 1. The molecule has 128 valence electrons. The van der Waals surface area contributed by atoms with Crippen molar-refractivity contribution < 1.29 is 9.59 Å². The molecule has 6 heteroatoms. The van der Waals surface area contributed by atoms with Crippen LogP contribution in [0.1, 0.15) is 31.9 Å². The zero-order valence-electron chi connectivity index (χ0n) is 14.1. The highest BCUT2D eigenvalue weighted by Gasteiger charge is 2.22. The van der Waals surface area contributed by atoms with Gasteiger partial charge in [0.05, 0.1) is 6.04 Å². The van der Waals surface area contributed by atoms with Gasteiger partial charge in [0.15, 0.2) is 0 Å². The Morgan fingerprint density at radius 1 is 1.12 bits per heavy atom. The molecule has 1 aliphatic heterocycles. The number of rotatable bonds is 2. The number of nitrogens with zero attached hydrogens (tertiary/aromatic N) is 2. The van der Waals surface area contributed by atoms with Gasteiger partial charge in [-0.1, -0.05) is 18.2 Å². The molecule has 3 rings (SSSR count). The molecule has 0 spiro atoms. The molecule has 3 amide bonds. The number of urea groups is 1. The molecule has 1 aromatic heterocycles. The molecule has 1 saturated heterocycles. The fourth-order valence-electron chi connectivity index (χ4n) is 3.12. The van der Waals surface area contributed by atoms with Crippen molar-refractivity contribution in [1.29, 1.82) is 0 Å². The average Bonchev–Trinajstić information content (AvgIpc) is 2.83. The van der Waals surface area contributed by atoms with Crippen molar-refractivity contribution in [2.75, 3.05) is 26.2 Å². The fraction of sp³-hybridized carbons (Fsp3) is 0.444. The molecule has 0 aliphatic carbocycles. The highest BCUT2D eigenvalue weighted by molar-refractivity contribution is 7.17. The van der Waals surface area contributed by atoms with E-state index >= 15 is 0 Å². The second kappa shape index (κ2) is 7.21. The number of carbonyl (C=O) groups is 2. The largest absolute Gasteiger partial charge is 0.341 e. The lowest BCUT2D eigenvalue weighted by Gasteiger charge is -2.24. The van der Waals surface area contributed by atoms with Gasteiger partial charge in [-0.15, -0.1) is 11.3 Å². The molecule has 2 heterocycles. The lowest BCUT2D eigenvalue weighted by atomic mass is 10.1. The van der Waals surface area contributed by atoms with Crippen molar-refractivity contribution in [2.45, 2.75) is 26.3 Å². The molecule has 0 bridgehead atoms. The maximum atomic E-state index is 12.6. The van der Waals surface area contributed by atoms with Crippen molar-refractivity contribution in [1.82, 2.24) is 15.1 Å². The van der Waals surface area contributed by atoms with E-state index in [1.54, 1.807) is 18.3 Å². The second-order valence-electron chi connectivity index (χ2n) is 6.21. The van der Waals surface area contributed by atoms with Gasteiger partial charge in [0.1, 0.15) is 0 Å². The summed E-state index contributed by atoms with van der Waals surface area (Å²) in [5, 5.41) is 6.43. The molecule has 1 aromatic carbocycles. The number of benzene rings is 1. The third-order valence-corrected chi connectivity index (χ3v) is 5.53. The summed E-state index contributed by atoms with van der Waals surface area (Å²) in [6.07, 6.45) is 0.822. The normalized spacial score (nSPS) is 16.8. The number of amides is 3. The lowest BCUT2D eigenvalue weighted by molar-refractivity contribution is -0.128. The summed E-state index contributed by atoms with van der Waals surface area (Å²) >= 11 is 1.70. The molecule has 1 atom stereocenters. The smallest absolute Gasteiger partial charge is 0.317 e. The minimum Gasteiger partial charge on any atom is -0.341 e. The van der Waals surface area contributed by atoms with E-state index in [2.05, 4.69) is 22.8 Å². The van der Waals surface area contributed by atoms with Crippen LogP contribution in [0.4, 0.5) is 4.79 Å². The van der Waals surface area contributed by atoms with Gasteiger partial charge in [-0.2, -0.15) is 0 Å². The predicted molar refractivity (Wildman–Crippen MR) is 97.2 cm³/mol. The van der Waals surface area contributed by atoms with Gasteiger partial charge >= 0.3 is 6.03 Å². The second-order valence-corrected chi connectivity index (χ2v) is 7.12. The Labute approximate surface area is 146 Å². The van der Waals surface area contributed by atoms with E-state index in [9.17, 15) is 9.59 Å². The molecule has 0 radical (unpaired) electrons. The molecular formula is C18H23N3O2S. The van der Waals surface area contributed by atoms with E-state index in [-0.39, 0.29) is 18.0 Å². The molecule has 0 unspecified atom stereocenters. The third-order valence-electron chi connectivity index (χ3n) is 4.55. The van der Waals surface area contributed by atoms with Gasteiger partial charge in [-0.3, -0.25) is 4.79 Å². The van der Waals surface area contributed by atoms with Gasteiger partial charge in [-0.25, -0.2) is 4.79 Å². The standard InChI is InChI=1S/C18H23N3O2S/c1-13(16-12-24-17-7-4-3-6-15(16)17)19-18(23)21-9-5-8-20(10-11-21)14(2)22/h3-4,6-7,12-13H,5,8-11H2,1-2H3,(H,19,23)/t13-/m0/s1. The molecule has 2 aromatic rings. The molecule has 5 nitrogen and oxygen atoms in total. The molecule has 0 saturated carbocycles. The van der Waals surface area contributed by atoms with Crippen LogP contribution in [-0.4, -0.2) is 47.9 Å². The molecule has 1 N–H and O–H groups in total. The van der Waals surface area contributed by atoms with E-state index in [0.29, 0.717) is 19.6 Å². The first kappa shape index (κ1) is 16.8. The number of hydrogen-bond acceptors (Lipinski definition) is 3. The van der Waals surface area contributed by atoms with Gasteiger partial charge in [0.2, 0.25) is 5.91 Å². The monoisotopic (exact) mass is 345 g/mol. The first-order chi connectivity index (χ1) is 11.6. The SMILES string of the molecule is CC(=O)N1CCCN(C(=O)N[C@@H](C)c2csc3ccccc23)CC1. The van der Waals surface area contributed by atoms with Crippen LogP contribution in [0.15, 0.2) is 29.6 Å². The molecule has 1 fully saturated rings. The van der Waals surface area contributed by atoms with E-state index in [1.165, 1.54) is 10.1 Å². The van der Waals surface area contributed by atoms with Crippen LogP contribution in [0.3, 0.4) is 0 Å².